The van der Waals surface area contributed by atoms with E-state index in [1.165, 1.54) is 19.1 Å². The largest absolute Gasteiger partial charge is 0.507 e. The van der Waals surface area contributed by atoms with Gasteiger partial charge in [-0.25, -0.2) is 0 Å². The summed E-state index contributed by atoms with van der Waals surface area (Å²) >= 11 is 0. The first kappa shape index (κ1) is 7.60. The third kappa shape index (κ3) is 1.49. The fourth-order valence-electron chi connectivity index (χ4n) is 0.846. The second-order valence-electron chi connectivity index (χ2n) is 2.33. The molecule has 0 fully saturated rings. The highest BCUT2D eigenvalue weighted by molar-refractivity contribution is 5.97. The Morgan fingerprint density at radius 1 is 1.55 bits per heavy atom. The molecule has 0 bridgehead atoms. The molecule has 0 atom stereocenters. The summed E-state index contributed by atoms with van der Waals surface area (Å²) in [6, 6.07) is 4.44. The Kier molecular flexibility index (Phi) is 1.81. The number of aromatic hydroxyl groups is 1. The number of hydrogen-bond donors (Lipinski definition) is 2. The Labute approximate surface area is 64.5 Å². The lowest BCUT2D eigenvalue weighted by Crippen LogP contribution is -1.93. The maximum absolute atomic E-state index is 10.8. The molecule has 3 heteroatoms. The van der Waals surface area contributed by atoms with E-state index in [0.717, 1.165) is 0 Å². The molecule has 0 aliphatic carbocycles. The second kappa shape index (κ2) is 2.62. The van der Waals surface area contributed by atoms with Crippen molar-refractivity contribution >= 4 is 11.5 Å². The Balaban J connectivity index is 3.20. The third-order valence-corrected chi connectivity index (χ3v) is 1.40. The van der Waals surface area contributed by atoms with Crippen molar-refractivity contribution in [1.82, 2.24) is 0 Å². The lowest BCUT2D eigenvalue weighted by molar-refractivity contribution is 0.101. The summed E-state index contributed by atoms with van der Waals surface area (Å²) < 4.78 is 0. The lowest BCUT2D eigenvalue weighted by atomic mass is 10.1. The van der Waals surface area contributed by atoms with Crippen LogP contribution in [0.3, 0.4) is 0 Å². The highest BCUT2D eigenvalue weighted by atomic mass is 16.3. The summed E-state index contributed by atoms with van der Waals surface area (Å²) in [5, 5.41) is 9.16. The van der Waals surface area contributed by atoms with E-state index in [9.17, 15) is 4.79 Å². The van der Waals surface area contributed by atoms with E-state index in [0.29, 0.717) is 11.3 Å². The first-order chi connectivity index (χ1) is 5.11. The average molecular weight is 151 g/mol. The zero-order valence-electron chi connectivity index (χ0n) is 6.16. The number of rotatable bonds is 1. The van der Waals surface area contributed by atoms with Crippen LogP contribution in [0.4, 0.5) is 5.69 Å². The maximum atomic E-state index is 10.8. The second-order valence-corrected chi connectivity index (χ2v) is 2.33. The Hall–Kier alpha value is -1.51. The van der Waals surface area contributed by atoms with Gasteiger partial charge in [-0.1, -0.05) is 0 Å². The van der Waals surface area contributed by atoms with E-state index < -0.39 is 0 Å². The molecule has 0 saturated heterocycles. The predicted octanol–water partition coefficient (Wildman–Crippen LogP) is 1.18. The van der Waals surface area contributed by atoms with Crippen LogP contribution in [0, 0.1) is 0 Å². The van der Waals surface area contributed by atoms with Crippen molar-refractivity contribution in [2.45, 2.75) is 6.92 Å². The predicted molar refractivity (Wildman–Crippen MR) is 42.5 cm³/mol. The number of anilines is 1. The van der Waals surface area contributed by atoms with Crippen molar-refractivity contribution in [1.29, 1.82) is 0 Å². The molecule has 1 aromatic carbocycles. The highest BCUT2D eigenvalue weighted by Gasteiger charge is 2.04. The SMILES string of the molecule is CC(=O)c1ccc(N)cc1O. The number of carbonyl (C=O) groups is 1. The van der Waals surface area contributed by atoms with Gasteiger partial charge in [-0.3, -0.25) is 4.79 Å². The normalized spacial score (nSPS) is 9.55. The summed E-state index contributed by atoms with van der Waals surface area (Å²) in [6.45, 7) is 1.39. The van der Waals surface area contributed by atoms with Gasteiger partial charge in [-0.15, -0.1) is 0 Å². The van der Waals surface area contributed by atoms with Crippen LogP contribution in [0.25, 0.3) is 0 Å². The molecule has 0 unspecified atom stereocenters. The number of phenols is 1. The van der Waals surface area contributed by atoms with Crippen molar-refractivity contribution in [3.63, 3.8) is 0 Å². The van der Waals surface area contributed by atoms with Crippen LogP contribution < -0.4 is 5.73 Å². The maximum Gasteiger partial charge on any atom is 0.163 e. The monoisotopic (exact) mass is 151 g/mol. The lowest BCUT2D eigenvalue weighted by Gasteiger charge is -1.99. The van der Waals surface area contributed by atoms with Gasteiger partial charge < -0.3 is 10.8 Å². The van der Waals surface area contributed by atoms with Crippen LogP contribution in [0.2, 0.25) is 0 Å². The van der Waals surface area contributed by atoms with Crippen LogP contribution >= 0.6 is 0 Å². The van der Waals surface area contributed by atoms with Gasteiger partial charge in [0, 0.05) is 11.8 Å². The van der Waals surface area contributed by atoms with Crippen molar-refractivity contribution in [2.24, 2.45) is 0 Å². The molecule has 11 heavy (non-hydrogen) atoms. The minimum atomic E-state index is -0.164. The molecule has 0 saturated carbocycles. The fraction of sp³-hybridized carbons (Fsp3) is 0.125. The molecule has 3 N–H and O–H groups in total. The smallest absolute Gasteiger partial charge is 0.163 e. The third-order valence-electron chi connectivity index (χ3n) is 1.40. The van der Waals surface area contributed by atoms with Gasteiger partial charge in [0.05, 0.1) is 5.56 Å². The molecule has 1 aromatic rings. The van der Waals surface area contributed by atoms with Gasteiger partial charge in [0.15, 0.2) is 5.78 Å². The number of carbonyl (C=O) groups excluding carboxylic acids is 1. The average Bonchev–Trinajstić information content (AvgIpc) is 1.85. The Morgan fingerprint density at radius 2 is 2.18 bits per heavy atom. The number of Topliss-reactive ketones (excluding diaryl/α,β-unsaturated/α-hetero) is 1. The van der Waals surface area contributed by atoms with E-state index in [1.807, 2.05) is 0 Å². The van der Waals surface area contributed by atoms with Gasteiger partial charge in [0.25, 0.3) is 0 Å². The molecule has 0 radical (unpaired) electrons. The van der Waals surface area contributed by atoms with Crippen LogP contribution in [-0.2, 0) is 0 Å². The topological polar surface area (TPSA) is 63.3 Å². The van der Waals surface area contributed by atoms with E-state index >= 15 is 0 Å². The fourth-order valence-corrected chi connectivity index (χ4v) is 0.846. The number of nitrogens with two attached hydrogens (primary N) is 1. The summed E-state index contributed by atoms with van der Waals surface area (Å²) in [6.07, 6.45) is 0. The first-order valence-corrected chi connectivity index (χ1v) is 3.20. The molecule has 0 aliphatic rings. The summed E-state index contributed by atoms with van der Waals surface area (Å²) in [5.41, 5.74) is 6.11. The summed E-state index contributed by atoms with van der Waals surface area (Å²) in [4.78, 5) is 10.8. The van der Waals surface area contributed by atoms with E-state index in [4.69, 9.17) is 10.8 Å². The molecule has 0 spiro atoms. The molecular weight excluding hydrogens is 142 g/mol. The van der Waals surface area contributed by atoms with Gasteiger partial charge in [-0.2, -0.15) is 0 Å². The molecule has 0 heterocycles. The number of hydrogen-bond acceptors (Lipinski definition) is 3. The summed E-state index contributed by atoms with van der Waals surface area (Å²) in [5.74, 6) is -0.222. The molecule has 3 nitrogen and oxygen atoms in total. The van der Waals surface area contributed by atoms with E-state index in [2.05, 4.69) is 0 Å². The van der Waals surface area contributed by atoms with Gasteiger partial charge in [0.2, 0.25) is 0 Å². The first-order valence-electron chi connectivity index (χ1n) is 3.20. The molecule has 0 amide bonds. The molecular formula is C8H9NO2. The van der Waals surface area contributed by atoms with E-state index in [1.54, 1.807) is 6.07 Å². The molecule has 0 aromatic heterocycles. The Bertz CT molecular complexity index is 294. The van der Waals surface area contributed by atoms with Crippen LogP contribution in [0.15, 0.2) is 18.2 Å². The quantitative estimate of drug-likeness (QED) is 0.468. The van der Waals surface area contributed by atoms with E-state index in [-0.39, 0.29) is 11.5 Å². The molecule has 1 rings (SSSR count). The van der Waals surface area contributed by atoms with Crippen LogP contribution in [0.5, 0.6) is 5.75 Å². The highest BCUT2D eigenvalue weighted by Crippen LogP contribution is 2.19. The minimum absolute atomic E-state index is 0.0579. The van der Waals surface area contributed by atoms with Gasteiger partial charge in [0.1, 0.15) is 5.75 Å². The standard InChI is InChI=1S/C8H9NO2/c1-5(10)7-3-2-6(9)4-8(7)11/h2-4,11H,9H2,1H3. The van der Waals surface area contributed by atoms with Gasteiger partial charge in [-0.05, 0) is 19.1 Å². The van der Waals surface area contributed by atoms with Gasteiger partial charge >= 0.3 is 0 Å². The van der Waals surface area contributed by atoms with Crippen molar-refractivity contribution in [3.05, 3.63) is 23.8 Å². The zero-order chi connectivity index (χ0) is 8.43. The number of benzene rings is 1. The molecule has 58 valence electrons. The van der Waals surface area contributed by atoms with Crippen molar-refractivity contribution in [2.75, 3.05) is 5.73 Å². The number of nitrogen functional groups attached to an aromatic ring is 1. The number of ketones is 1. The minimum Gasteiger partial charge on any atom is -0.507 e. The van der Waals surface area contributed by atoms with Crippen LogP contribution in [0.1, 0.15) is 17.3 Å². The van der Waals surface area contributed by atoms with Crippen molar-refractivity contribution in [3.8, 4) is 5.75 Å². The Morgan fingerprint density at radius 3 is 2.64 bits per heavy atom. The molecule has 0 aliphatic heterocycles. The zero-order valence-corrected chi connectivity index (χ0v) is 6.16. The van der Waals surface area contributed by atoms with Crippen molar-refractivity contribution < 1.29 is 9.90 Å². The summed E-state index contributed by atoms with van der Waals surface area (Å²) in [7, 11) is 0. The number of phenolic OH excluding ortho intramolecular Hbond substituents is 1. The van der Waals surface area contributed by atoms with Crippen LogP contribution in [-0.4, -0.2) is 10.9 Å².